The minimum Gasteiger partial charge on any atom is -0.496 e. The number of pyridine rings is 1. The molecule has 3 rings (SSSR count). The zero-order valence-electron chi connectivity index (χ0n) is 16.6. The van der Waals surface area contributed by atoms with E-state index in [-0.39, 0.29) is 28.5 Å². The lowest BCUT2D eigenvalue weighted by Gasteiger charge is -2.17. The van der Waals surface area contributed by atoms with Crippen molar-refractivity contribution in [2.75, 3.05) is 11.8 Å². The highest BCUT2D eigenvalue weighted by atomic mass is 32.2. The van der Waals surface area contributed by atoms with E-state index in [0.717, 1.165) is 17.5 Å². The molecule has 0 aliphatic heterocycles. The van der Waals surface area contributed by atoms with E-state index in [2.05, 4.69) is 11.3 Å². The van der Waals surface area contributed by atoms with Gasteiger partial charge in [-0.1, -0.05) is 6.58 Å². The maximum Gasteiger partial charge on any atom is 0.254 e. The summed E-state index contributed by atoms with van der Waals surface area (Å²) in [6, 6.07) is 8.32. The van der Waals surface area contributed by atoms with Crippen LogP contribution in [0.3, 0.4) is 0 Å². The number of nitrogens with zero attached hydrogens (tertiary/aromatic N) is 1. The van der Waals surface area contributed by atoms with Crippen molar-refractivity contribution in [2.45, 2.75) is 0 Å². The molecule has 0 atom stereocenters. The van der Waals surface area contributed by atoms with E-state index < -0.39 is 21.7 Å². The average Bonchev–Trinajstić information content (AvgIpc) is 2.72. The number of nitrogens with one attached hydrogen (secondary N) is 1. The van der Waals surface area contributed by atoms with Gasteiger partial charge in [-0.05, 0) is 30.3 Å². The zero-order chi connectivity index (χ0) is 22.8. The van der Waals surface area contributed by atoms with Gasteiger partial charge in [0.05, 0.1) is 7.11 Å². The molecule has 0 aliphatic rings. The molecule has 0 radical (unpaired) electrons. The first-order valence-corrected chi connectivity index (χ1v) is 10.4. The van der Waals surface area contributed by atoms with Crippen molar-refractivity contribution in [2.24, 2.45) is 7.05 Å². The predicted molar refractivity (Wildman–Crippen MR) is 113 cm³/mol. The molecular formula is C21H18F2N2O5S. The molecule has 0 fully saturated rings. The number of sulfonamides is 1. The van der Waals surface area contributed by atoms with E-state index in [1.807, 2.05) is 0 Å². The minimum atomic E-state index is -3.80. The first-order chi connectivity index (χ1) is 14.6. The van der Waals surface area contributed by atoms with Gasteiger partial charge >= 0.3 is 0 Å². The van der Waals surface area contributed by atoms with Crippen LogP contribution in [-0.2, 0) is 17.1 Å². The standard InChI is InChI=1S/C21H18F2N2O5S/c1-4-31(27,28)24-14-6-8-18(30-19-7-5-13(22)9-17(19)23)15(10-14)16-12-25(2)21(26)11-20(16)29-3/h4-12,24H,1H2,2-3H3. The molecule has 7 nitrogen and oxygen atoms in total. The lowest BCUT2D eigenvalue weighted by molar-refractivity contribution is 0.413. The summed E-state index contributed by atoms with van der Waals surface area (Å²) in [6.45, 7) is 3.24. The third-order valence-electron chi connectivity index (χ3n) is 4.27. The monoisotopic (exact) mass is 448 g/mol. The fraction of sp³-hybridized carbons (Fsp3) is 0.0952. The number of methoxy groups -OCH3 is 1. The Bertz CT molecular complexity index is 1320. The van der Waals surface area contributed by atoms with Crippen LogP contribution in [0.5, 0.6) is 17.2 Å². The summed E-state index contributed by atoms with van der Waals surface area (Å²) in [6.07, 6.45) is 1.47. The van der Waals surface area contributed by atoms with Crippen LogP contribution in [0.4, 0.5) is 14.5 Å². The van der Waals surface area contributed by atoms with Crippen LogP contribution >= 0.6 is 0 Å². The molecule has 0 aliphatic carbocycles. The second-order valence-corrected chi connectivity index (χ2v) is 8.03. The second kappa shape index (κ2) is 8.60. The van der Waals surface area contributed by atoms with Gasteiger partial charge in [0.1, 0.15) is 17.3 Å². The SMILES string of the molecule is C=CS(=O)(=O)Nc1ccc(Oc2ccc(F)cc2F)c(-c2cn(C)c(=O)cc2OC)c1. The Labute approximate surface area is 177 Å². The van der Waals surface area contributed by atoms with Crippen LogP contribution in [0, 0.1) is 11.6 Å². The fourth-order valence-electron chi connectivity index (χ4n) is 2.76. The topological polar surface area (TPSA) is 86.6 Å². The summed E-state index contributed by atoms with van der Waals surface area (Å²) in [7, 11) is -0.913. The second-order valence-electron chi connectivity index (χ2n) is 6.41. The Hall–Kier alpha value is -3.66. The molecule has 0 saturated carbocycles. The van der Waals surface area contributed by atoms with Gasteiger partial charge in [-0.3, -0.25) is 9.52 Å². The molecule has 3 aromatic rings. The first kappa shape index (κ1) is 22.0. The van der Waals surface area contributed by atoms with Crippen LogP contribution < -0.4 is 19.8 Å². The minimum absolute atomic E-state index is 0.115. The number of benzene rings is 2. The predicted octanol–water partition coefficient (Wildman–Crippen LogP) is 4.02. The van der Waals surface area contributed by atoms with Gasteiger partial charge in [0, 0.05) is 47.6 Å². The number of halogens is 2. The number of aromatic nitrogens is 1. The summed E-state index contributed by atoms with van der Waals surface area (Å²) in [5.74, 6) is -1.63. The Morgan fingerprint density at radius 2 is 1.74 bits per heavy atom. The fourth-order valence-corrected chi connectivity index (χ4v) is 3.30. The van der Waals surface area contributed by atoms with Crippen molar-refractivity contribution in [3.63, 3.8) is 0 Å². The van der Waals surface area contributed by atoms with E-state index in [0.29, 0.717) is 17.2 Å². The lowest BCUT2D eigenvalue weighted by Crippen LogP contribution is -2.15. The molecular weight excluding hydrogens is 430 g/mol. The first-order valence-electron chi connectivity index (χ1n) is 8.81. The molecule has 0 spiro atoms. The van der Waals surface area contributed by atoms with Crippen molar-refractivity contribution in [1.29, 1.82) is 0 Å². The van der Waals surface area contributed by atoms with Crippen molar-refractivity contribution in [3.05, 3.63) is 82.6 Å². The van der Waals surface area contributed by atoms with Crippen LogP contribution in [0.2, 0.25) is 0 Å². The Morgan fingerprint density at radius 3 is 2.39 bits per heavy atom. The summed E-state index contributed by atoms with van der Waals surface area (Å²) < 4.78 is 65.7. The smallest absolute Gasteiger partial charge is 0.254 e. The van der Waals surface area contributed by atoms with Crippen molar-refractivity contribution in [1.82, 2.24) is 4.57 Å². The summed E-state index contributed by atoms with van der Waals surface area (Å²) in [5, 5.41) is 0.748. The molecule has 0 amide bonds. The van der Waals surface area contributed by atoms with Gasteiger partial charge in [-0.25, -0.2) is 17.2 Å². The highest BCUT2D eigenvalue weighted by Gasteiger charge is 2.18. The Kier molecular flexibility index (Phi) is 6.11. The maximum absolute atomic E-state index is 14.1. The molecule has 0 saturated heterocycles. The van der Waals surface area contributed by atoms with Crippen molar-refractivity contribution in [3.8, 4) is 28.4 Å². The quantitative estimate of drug-likeness (QED) is 0.590. The molecule has 1 heterocycles. The van der Waals surface area contributed by atoms with Gasteiger partial charge in [0.25, 0.3) is 15.6 Å². The van der Waals surface area contributed by atoms with Crippen LogP contribution in [-0.4, -0.2) is 20.1 Å². The Balaban J connectivity index is 2.20. The number of ether oxygens (including phenoxy) is 2. The average molecular weight is 448 g/mol. The lowest BCUT2D eigenvalue weighted by atomic mass is 10.0. The van der Waals surface area contributed by atoms with Gasteiger partial charge in [-0.2, -0.15) is 0 Å². The van der Waals surface area contributed by atoms with Crippen LogP contribution in [0.25, 0.3) is 11.1 Å². The molecule has 1 N–H and O–H groups in total. The molecule has 162 valence electrons. The van der Waals surface area contributed by atoms with Crippen LogP contribution in [0.15, 0.2) is 65.4 Å². The highest BCUT2D eigenvalue weighted by molar-refractivity contribution is 7.95. The number of hydrogen-bond acceptors (Lipinski definition) is 5. The van der Waals surface area contributed by atoms with E-state index in [1.54, 1.807) is 0 Å². The number of aryl methyl sites for hydroxylation is 1. The van der Waals surface area contributed by atoms with Gasteiger partial charge in [0.15, 0.2) is 11.6 Å². The number of rotatable bonds is 7. The van der Waals surface area contributed by atoms with E-state index in [1.165, 1.54) is 49.2 Å². The molecule has 10 heteroatoms. The van der Waals surface area contributed by atoms with E-state index in [4.69, 9.17) is 9.47 Å². The normalized spacial score (nSPS) is 11.1. The van der Waals surface area contributed by atoms with Gasteiger partial charge in [-0.15, -0.1) is 0 Å². The molecule has 1 aromatic heterocycles. The van der Waals surface area contributed by atoms with Crippen molar-refractivity contribution < 1.29 is 26.7 Å². The summed E-state index contributed by atoms with van der Waals surface area (Å²) in [4.78, 5) is 12.0. The number of anilines is 1. The summed E-state index contributed by atoms with van der Waals surface area (Å²) >= 11 is 0. The molecule has 31 heavy (non-hydrogen) atoms. The van der Waals surface area contributed by atoms with Crippen molar-refractivity contribution >= 4 is 15.7 Å². The van der Waals surface area contributed by atoms with Gasteiger partial charge < -0.3 is 14.0 Å². The third-order valence-corrected chi connectivity index (χ3v) is 5.23. The number of hydrogen-bond donors (Lipinski definition) is 1. The maximum atomic E-state index is 14.1. The van der Waals surface area contributed by atoms with Crippen LogP contribution in [0.1, 0.15) is 0 Å². The largest absolute Gasteiger partial charge is 0.496 e. The zero-order valence-corrected chi connectivity index (χ0v) is 17.4. The molecule has 2 aromatic carbocycles. The molecule has 0 unspecified atom stereocenters. The van der Waals surface area contributed by atoms with E-state index in [9.17, 15) is 22.0 Å². The van der Waals surface area contributed by atoms with E-state index >= 15 is 0 Å². The summed E-state index contributed by atoms with van der Waals surface area (Å²) in [5.41, 5.74) is 0.496. The third kappa shape index (κ3) is 4.92. The Morgan fingerprint density at radius 1 is 1.03 bits per heavy atom. The van der Waals surface area contributed by atoms with Gasteiger partial charge in [0.2, 0.25) is 0 Å². The molecule has 0 bridgehead atoms. The highest BCUT2D eigenvalue weighted by Crippen LogP contribution is 2.40.